The highest BCUT2D eigenvalue weighted by Crippen LogP contribution is 2.25. The van der Waals surface area contributed by atoms with Crippen molar-refractivity contribution >= 4 is 5.69 Å². The van der Waals surface area contributed by atoms with Gasteiger partial charge in [0.15, 0.2) is 5.76 Å². The number of nitro groups is 1. The fourth-order valence-electron chi connectivity index (χ4n) is 1.83. The maximum absolute atomic E-state index is 10.6. The minimum Gasteiger partial charge on any atom is -0.455 e. The SMILES string of the molecule is C[N+](C)(C)Cc1ccc(-c2ccc([N+](=O)[O-])cc2)o1. The summed E-state index contributed by atoms with van der Waals surface area (Å²) in [5, 5.41) is 10.6. The van der Waals surface area contributed by atoms with E-state index in [2.05, 4.69) is 21.1 Å². The molecule has 0 saturated carbocycles. The molecule has 0 amide bonds. The molecule has 100 valence electrons. The third-order valence-electron chi connectivity index (χ3n) is 2.65. The molecule has 0 unspecified atom stereocenters. The maximum atomic E-state index is 10.6. The molecule has 19 heavy (non-hydrogen) atoms. The van der Waals surface area contributed by atoms with Crippen LogP contribution in [0, 0.1) is 10.1 Å². The van der Waals surface area contributed by atoms with Gasteiger partial charge in [-0.2, -0.15) is 0 Å². The smallest absolute Gasteiger partial charge is 0.269 e. The van der Waals surface area contributed by atoms with Crippen molar-refractivity contribution < 1.29 is 13.8 Å². The Hall–Kier alpha value is -2.14. The van der Waals surface area contributed by atoms with Crippen molar-refractivity contribution in [3.63, 3.8) is 0 Å². The number of hydrogen-bond donors (Lipinski definition) is 0. The number of benzene rings is 1. The lowest BCUT2D eigenvalue weighted by Gasteiger charge is -2.22. The molecule has 5 nitrogen and oxygen atoms in total. The standard InChI is InChI=1S/C14H17N2O3/c1-16(2,3)10-13-8-9-14(19-13)11-4-6-12(7-5-11)15(17)18/h4-9H,10H2,1-3H3/q+1. The molecular formula is C14H17N2O3+. The normalized spacial score (nSPS) is 11.5. The zero-order valence-corrected chi connectivity index (χ0v) is 11.3. The van der Waals surface area contributed by atoms with Gasteiger partial charge in [-0.3, -0.25) is 10.1 Å². The van der Waals surface area contributed by atoms with Gasteiger partial charge in [0.2, 0.25) is 0 Å². The van der Waals surface area contributed by atoms with Crippen molar-refractivity contribution in [2.45, 2.75) is 6.54 Å². The van der Waals surface area contributed by atoms with Crippen LogP contribution in [0.25, 0.3) is 11.3 Å². The number of hydrogen-bond acceptors (Lipinski definition) is 3. The average Bonchev–Trinajstić information content (AvgIpc) is 2.75. The van der Waals surface area contributed by atoms with Gasteiger partial charge in [0.1, 0.15) is 12.3 Å². The number of nitro benzene ring substituents is 1. The first-order chi connectivity index (χ1) is 8.85. The van der Waals surface area contributed by atoms with Crippen LogP contribution in [0.4, 0.5) is 5.69 Å². The Bertz CT molecular complexity index is 579. The summed E-state index contributed by atoms with van der Waals surface area (Å²) in [6.45, 7) is 0.799. The van der Waals surface area contributed by atoms with Gasteiger partial charge in [0.05, 0.1) is 26.1 Å². The third kappa shape index (κ3) is 3.42. The molecule has 0 bridgehead atoms. The summed E-state index contributed by atoms with van der Waals surface area (Å²) in [7, 11) is 6.27. The Labute approximate surface area is 111 Å². The monoisotopic (exact) mass is 261 g/mol. The summed E-state index contributed by atoms with van der Waals surface area (Å²) in [5.74, 6) is 1.64. The zero-order chi connectivity index (χ0) is 14.0. The molecule has 1 heterocycles. The van der Waals surface area contributed by atoms with Crippen LogP contribution in [0.2, 0.25) is 0 Å². The van der Waals surface area contributed by atoms with Gasteiger partial charge in [0.25, 0.3) is 5.69 Å². The molecule has 0 fully saturated rings. The van der Waals surface area contributed by atoms with Crippen LogP contribution in [0.1, 0.15) is 5.76 Å². The topological polar surface area (TPSA) is 56.3 Å². The second-order valence-corrected chi connectivity index (χ2v) is 5.52. The molecule has 0 saturated heterocycles. The highest BCUT2D eigenvalue weighted by Gasteiger charge is 2.13. The van der Waals surface area contributed by atoms with E-state index in [9.17, 15) is 10.1 Å². The highest BCUT2D eigenvalue weighted by molar-refractivity contribution is 5.59. The van der Waals surface area contributed by atoms with Crippen molar-refractivity contribution in [3.05, 3.63) is 52.3 Å². The quantitative estimate of drug-likeness (QED) is 0.483. The van der Waals surface area contributed by atoms with Crippen LogP contribution in [0.15, 0.2) is 40.8 Å². The zero-order valence-electron chi connectivity index (χ0n) is 11.3. The Kier molecular flexibility index (Phi) is 3.40. The van der Waals surface area contributed by atoms with Gasteiger partial charge in [-0.15, -0.1) is 0 Å². The highest BCUT2D eigenvalue weighted by atomic mass is 16.6. The summed E-state index contributed by atoms with van der Waals surface area (Å²) in [6.07, 6.45) is 0. The number of furan rings is 1. The number of nitrogens with zero attached hydrogens (tertiary/aromatic N) is 2. The van der Waals surface area contributed by atoms with Crippen LogP contribution >= 0.6 is 0 Å². The number of non-ortho nitro benzene ring substituents is 1. The molecule has 1 aromatic heterocycles. The van der Waals surface area contributed by atoms with Crippen molar-refractivity contribution in [1.29, 1.82) is 0 Å². The molecule has 0 spiro atoms. The predicted octanol–water partition coefficient (Wildman–Crippen LogP) is 3.06. The molecule has 0 atom stereocenters. The number of quaternary nitrogens is 1. The van der Waals surface area contributed by atoms with E-state index in [1.54, 1.807) is 12.1 Å². The van der Waals surface area contributed by atoms with E-state index in [-0.39, 0.29) is 5.69 Å². The lowest BCUT2D eigenvalue weighted by Crippen LogP contribution is -2.33. The molecule has 2 rings (SSSR count). The summed E-state index contributed by atoms with van der Waals surface area (Å²) >= 11 is 0. The van der Waals surface area contributed by atoms with Crippen LogP contribution in [-0.2, 0) is 6.54 Å². The average molecular weight is 261 g/mol. The van der Waals surface area contributed by atoms with E-state index in [1.807, 2.05) is 12.1 Å². The summed E-state index contributed by atoms with van der Waals surface area (Å²) in [6, 6.07) is 10.2. The Morgan fingerprint density at radius 1 is 1.11 bits per heavy atom. The molecule has 5 heteroatoms. The molecule has 0 radical (unpaired) electrons. The Morgan fingerprint density at radius 2 is 1.74 bits per heavy atom. The van der Waals surface area contributed by atoms with Crippen molar-refractivity contribution in [2.24, 2.45) is 0 Å². The minimum absolute atomic E-state index is 0.0851. The van der Waals surface area contributed by atoms with E-state index in [0.717, 1.165) is 28.1 Å². The maximum Gasteiger partial charge on any atom is 0.269 e. The molecule has 2 aromatic rings. The van der Waals surface area contributed by atoms with Gasteiger partial charge < -0.3 is 8.90 Å². The second-order valence-electron chi connectivity index (χ2n) is 5.52. The fraction of sp³-hybridized carbons (Fsp3) is 0.286. The van der Waals surface area contributed by atoms with Crippen molar-refractivity contribution in [3.8, 4) is 11.3 Å². The number of rotatable bonds is 4. The van der Waals surface area contributed by atoms with E-state index in [0.29, 0.717) is 0 Å². The third-order valence-corrected chi connectivity index (χ3v) is 2.65. The first-order valence-corrected chi connectivity index (χ1v) is 5.99. The molecule has 0 aliphatic carbocycles. The molecule has 0 aliphatic heterocycles. The van der Waals surface area contributed by atoms with Gasteiger partial charge >= 0.3 is 0 Å². The lowest BCUT2D eigenvalue weighted by molar-refractivity contribution is -0.884. The largest absolute Gasteiger partial charge is 0.455 e. The fourth-order valence-corrected chi connectivity index (χ4v) is 1.83. The molecular weight excluding hydrogens is 244 g/mol. The minimum atomic E-state index is -0.408. The predicted molar refractivity (Wildman–Crippen MR) is 72.5 cm³/mol. The van der Waals surface area contributed by atoms with Crippen LogP contribution in [0.5, 0.6) is 0 Å². The van der Waals surface area contributed by atoms with Crippen LogP contribution in [-0.4, -0.2) is 30.5 Å². The van der Waals surface area contributed by atoms with E-state index in [1.165, 1.54) is 12.1 Å². The lowest BCUT2D eigenvalue weighted by atomic mass is 10.1. The van der Waals surface area contributed by atoms with Crippen molar-refractivity contribution in [2.75, 3.05) is 21.1 Å². The van der Waals surface area contributed by atoms with E-state index >= 15 is 0 Å². The van der Waals surface area contributed by atoms with Crippen molar-refractivity contribution in [1.82, 2.24) is 0 Å². The van der Waals surface area contributed by atoms with E-state index < -0.39 is 4.92 Å². The molecule has 0 aliphatic rings. The summed E-state index contributed by atoms with van der Waals surface area (Å²) in [4.78, 5) is 10.2. The Morgan fingerprint density at radius 3 is 2.26 bits per heavy atom. The van der Waals surface area contributed by atoms with Gasteiger partial charge in [0, 0.05) is 17.7 Å². The molecule has 0 N–H and O–H groups in total. The first-order valence-electron chi connectivity index (χ1n) is 5.99. The summed E-state index contributed by atoms with van der Waals surface area (Å²) in [5.41, 5.74) is 0.931. The van der Waals surface area contributed by atoms with E-state index in [4.69, 9.17) is 4.42 Å². The van der Waals surface area contributed by atoms with Gasteiger partial charge in [-0.25, -0.2) is 0 Å². The van der Waals surface area contributed by atoms with Gasteiger partial charge in [-0.1, -0.05) is 0 Å². The first kappa shape index (κ1) is 13.3. The summed E-state index contributed by atoms with van der Waals surface area (Å²) < 4.78 is 6.55. The second kappa shape index (κ2) is 4.85. The Balaban J connectivity index is 2.20. The van der Waals surface area contributed by atoms with Crippen LogP contribution < -0.4 is 0 Å². The molecule has 1 aromatic carbocycles. The van der Waals surface area contributed by atoms with Crippen LogP contribution in [0.3, 0.4) is 0 Å². The van der Waals surface area contributed by atoms with Gasteiger partial charge in [-0.05, 0) is 24.3 Å².